The number of hydrogen-bond donors (Lipinski definition) is 1. The summed E-state index contributed by atoms with van der Waals surface area (Å²) >= 11 is 0. The van der Waals surface area contributed by atoms with Crippen molar-refractivity contribution in [3.05, 3.63) is 77.7 Å². The third kappa shape index (κ3) is 3.50. The molecule has 4 rings (SSSR count). The Bertz CT molecular complexity index is 1230. The van der Waals surface area contributed by atoms with Gasteiger partial charge in [-0.1, -0.05) is 18.1 Å². The predicted molar refractivity (Wildman–Crippen MR) is 96.9 cm³/mol. The molecular formula is C20H11F3N5. The van der Waals surface area contributed by atoms with Gasteiger partial charge in [0, 0.05) is 17.3 Å². The highest BCUT2D eigenvalue weighted by atomic mass is 19.4. The van der Waals surface area contributed by atoms with Gasteiger partial charge in [0.05, 0.1) is 17.5 Å². The van der Waals surface area contributed by atoms with Crippen LogP contribution in [0.25, 0.3) is 16.9 Å². The molecule has 1 radical (unpaired) electrons. The van der Waals surface area contributed by atoms with Gasteiger partial charge < -0.3 is 5.73 Å². The summed E-state index contributed by atoms with van der Waals surface area (Å²) in [7, 11) is 0. The third-order valence-electron chi connectivity index (χ3n) is 3.88. The van der Waals surface area contributed by atoms with E-state index in [1.165, 1.54) is 16.6 Å². The first-order valence-electron chi connectivity index (χ1n) is 8.08. The zero-order valence-electron chi connectivity index (χ0n) is 14.2. The number of pyridine rings is 1. The third-order valence-corrected chi connectivity index (χ3v) is 3.88. The first-order valence-corrected chi connectivity index (χ1v) is 8.08. The molecule has 0 aliphatic rings. The molecule has 0 aliphatic carbocycles. The van der Waals surface area contributed by atoms with Crippen LogP contribution in [0.1, 0.15) is 16.8 Å². The molecule has 3 aromatic heterocycles. The van der Waals surface area contributed by atoms with Crippen molar-refractivity contribution in [1.82, 2.24) is 19.6 Å². The van der Waals surface area contributed by atoms with Gasteiger partial charge in [-0.15, -0.1) is 0 Å². The van der Waals surface area contributed by atoms with Gasteiger partial charge in [0.1, 0.15) is 11.5 Å². The van der Waals surface area contributed by atoms with E-state index in [1.54, 1.807) is 36.7 Å². The molecule has 1 aromatic carbocycles. The topological polar surface area (TPSA) is 69.1 Å². The van der Waals surface area contributed by atoms with E-state index in [0.29, 0.717) is 34.0 Å². The van der Waals surface area contributed by atoms with Crippen molar-refractivity contribution >= 4 is 11.5 Å². The van der Waals surface area contributed by atoms with Crippen molar-refractivity contribution in [2.24, 2.45) is 0 Å². The average Bonchev–Trinajstić information content (AvgIpc) is 3.08. The number of halogens is 3. The Labute approximate surface area is 157 Å². The molecule has 3 heterocycles. The zero-order chi connectivity index (χ0) is 19.7. The van der Waals surface area contributed by atoms with Crippen LogP contribution in [-0.4, -0.2) is 19.6 Å². The molecule has 0 atom stereocenters. The van der Waals surface area contributed by atoms with E-state index in [1.807, 2.05) is 0 Å². The maximum Gasteiger partial charge on any atom is 0.417 e. The summed E-state index contributed by atoms with van der Waals surface area (Å²) in [4.78, 5) is 8.12. The monoisotopic (exact) mass is 378 g/mol. The maximum atomic E-state index is 12.9. The minimum absolute atomic E-state index is 0.322. The molecule has 0 saturated carbocycles. The van der Waals surface area contributed by atoms with E-state index in [2.05, 4.69) is 33.0 Å². The van der Waals surface area contributed by atoms with Gasteiger partial charge in [-0.3, -0.25) is 0 Å². The summed E-state index contributed by atoms with van der Waals surface area (Å²) in [6, 6.07) is 12.6. The summed E-state index contributed by atoms with van der Waals surface area (Å²) in [5.41, 5.74) is 7.16. The second-order valence-electron chi connectivity index (χ2n) is 5.84. The second-order valence-corrected chi connectivity index (χ2v) is 5.84. The SMILES string of the molecule is Nc1cc(C#Cc2cnc3ccc(-c4cc[c]c(C(F)(F)F)c4)nn23)ccn1. The van der Waals surface area contributed by atoms with Crippen LogP contribution < -0.4 is 5.73 Å². The number of alkyl halides is 3. The Kier molecular flexibility index (Phi) is 4.20. The number of nitrogen functional groups attached to an aromatic ring is 1. The minimum atomic E-state index is -4.47. The van der Waals surface area contributed by atoms with E-state index in [9.17, 15) is 13.2 Å². The van der Waals surface area contributed by atoms with E-state index >= 15 is 0 Å². The van der Waals surface area contributed by atoms with Crippen LogP contribution in [-0.2, 0) is 6.18 Å². The molecule has 5 nitrogen and oxygen atoms in total. The van der Waals surface area contributed by atoms with Crippen molar-refractivity contribution in [2.75, 3.05) is 5.73 Å². The van der Waals surface area contributed by atoms with Gasteiger partial charge in [0.2, 0.25) is 0 Å². The fourth-order valence-electron chi connectivity index (χ4n) is 2.56. The molecule has 0 unspecified atom stereocenters. The molecule has 0 fully saturated rings. The van der Waals surface area contributed by atoms with Gasteiger partial charge in [-0.05, 0) is 42.3 Å². The van der Waals surface area contributed by atoms with Crippen LogP contribution in [0.5, 0.6) is 0 Å². The van der Waals surface area contributed by atoms with Crippen molar-refractivity contribution in [2.45, 2.75) is 6.18 Å². The Morgan fingerprint density at radius 2 is 1.89 bits per heavy atom. The van der Waals surface area contributed by atoms with E-state index in [-0.39, 0.29) is 0 Å². The Morgan fingerprint density at radius 1 is 1.04 bits per heavy atom. The lowest BCUT2D eigenvalue weighted by molar-refractivity contribution is -0.137. The fraction of sp³-hybridized carbons (Fsp3) is 0.0500. The minimum Gasteiger partial charge on any atom is -0.384 e. The van der Waals surface area contributed by atoms with Crippen LogP contribution in [0.2, 0.25) is 0 Å². The summed E-state index contributed by atoms with van der Waals surface area (Å²) < 4.78 is 40.3. The fourth-order valence-corrected chi connectivity index (χ4v) is 2.56. The molecule has 2 N–H and O–H groups in total. The predicted octanol–water partition coefficient (Wildman–Crippen LogP) is 3.59. The Morgan fingerprint density at radius 3 is 2.68 bits per heavy atom. The van der Waals surface area contributed by atoms with Crippen LogP contribution in [0.3, 0.4) is 0 Å². The number of aromatic nitrogens is 4. The number of benzene rings is 1. The standard InChI is InChI=1S/C20H11F3N5/c21-20(22,23)15-3-1-2-14(11-15)17-6-7-19-26-12-16(28(19)27-17)5-4-13-8-9-25-18(24)10-13/h1-2,6-12H,(H2,24,25). The highest BCUT2D eigenvalue weighted by Crippen LogP contribution is 2.31. The molecule has 4 aromatic rings. The highest BCUT2D eigenvalue weighted by Gasteiger charge is 2.30. The van der Waals surface area contributed by atoms with Gasteiger partial charge in [-0.25, -0.2) is 14.5 Å². The van der Waals surface area contributed by atoms with Crippen LogP contribution in [0.15, 0.2) is 54.9 Å². The van der Waals surface area contributed by atoms with Crippen molar-refractivity contribution in [3.8, 4) is 23.1 Å². The molecule has 28 heavy (non-hydrogen) atoms. The largest absolute Gasteiger partial charge is 0.417 e. The normalized spacial score (nSPS) is 11.2. The summed E-state index contributed by atoms with van der Waals surface area (Å²) in [6.45, 7) is 0. The highest BCUT2D eigenvalue weighted by molar-refractivity contribution is 5.62. The van der Waals surface area contributed by atoms with E-state index in [4.69, 9.17) is 5.73 Å². The molecule has 0 bridgehead atoms. The number of fused-ring (bicyclic) bond motifs is 1. The molecule has 0 aliphatic heterocycles. The van der Waals surface area contributed by atoms with E-state index < -0.39 is 11.7 Å². The lowest BCUT2D eigenvalue weighted by Gasteiger charge is -2.08. The smallest absolute Gasteiger partial charge is 0.384 e. The Balaban J connectivity index is 1.75. The molecule has 8 heteroatoms. The Hall–Kier alpha value is -3.86. The quantitative estimate of drug-likeness (QED) is 0.514. The summed E-state index contributed by atoms with van der Waals surface area (Å²) in [5, 5.41) is 4.39. The van der Waals surface area contributed by atoms with E-state index in [0.717, 1.165) is 6.07 Å². The van der Waals surface area contributed by atoms with Gasteiger partial charge in [0.25, 0.3) is 0 Å². The molecular weight excluding hydrogens is 367 g/mol. The summed E-state index contributed by atoms with van der Waals surface area (Å²) in [5.74, 6) is 6.24. The number of nitrogens with two attached hydrogens (primary N) is 1. The number of nitrogens with zero attached hydrogens (tertiary/aromatic N) is 4. The second kappa shape index (κ2) is 6.70. The maximum absolute atomic E-state index is 12.9. The molecule has 0 amide bonds. The lowest BCUT2D eigenvalue weighted by atomic mass is 10.1. The molecule has 0 saturated heterocycles. The number of anilines is 1. The number of imidazole rings is 1. The van der Waals surface area contributed by atoms with Crippen molar-refractivity contribution in [1.29, 1.82) is 0 Å². The number of rotatable bonds is 1. The first kappa shape index (κ1) is 17.5. The van der Waals surface area contributed by atoms with Crippen molar-refractivity contribution in [3.63, 3.8) is 0 Å². The van der Waals surface area contributed by atoms with Crippen LogP contribution in [0, 0.1) is 17.9 Å². The first-order chi connectivity index (χ1) is 13.4. The zero-order valence-corrected chi connectivity index (χ0v) is 14.2. The lowest BCUT2D eigenvalue weighted by Crippen LogP contribution is -2.05. The van der Waals surface area contributed by atoms with Gasteiger partial charge >= 0.3 is 6.18 Å². The average molecular weight is 378 g/mol. The van der Waals surface area contributed by atoms with Crippen LogP contribution >= 0.6 is 0 Å². The van der Waals surface area contributed by atoms with Gasteiger partial charge in [-0.2, -0.15) is 18.3 Å². The van der Waals surface area contributed by atoms with Crippen LogP contribution in [0.4, 0.5) is 19.0 Å². The molecule has 137 valence electrons. The number of hydrogen-bond acceptors (Lipinski definition) is 4. The summed E-state index contributed by atoms with van der Waals surface area (Å²) in [6.07, 6.45) is -1.38. The van der Waals surface area contributed by atoms with Crippen molar-refractivity contribution < 1.29 is 13.2 Å². The van der Waals surface area contributed by atoms with Gasteiger partial charge in [0.15, 0.2) is 5.65 Å². The molecule has 0 spiro atoms.